The van der Waals surface area contributed by atoms with Gasteiger partial charge in [0, 0.05) is 25.7 Å². The Morgan fingerprint density at radius 3 is 2.44 bits per heavy atom. The Kier molecular flexibility index (Phi) is 6.60. The summed E-state index contributed by atoms with van der Waals surface area (Å²) in [5.41, 5.74) is 0. The first kappa shape index (κ1) is 15.4. The van der Waals surface area contributed by atoms with E-state index in [0.717, 1.165) is 19.4 Å². The van der Waals surface area contributed by atoms with Crippen molar-refractivity contribution >= 4 is 5.91 Å². The second-order valence-electron chi connectivity index (χ2n) is 5.76. The molecule has 0 saturated heterocycles. The minimum Gasteiger partial charge on any atom is -0.353 e. The third-order valence-corrected chi connectivity index (χ3v) is 3.39. The fraction of sp³-hybridized carbons (Fsp3) is 0.923. The quantitative estimate of drug-likeness (QED) is 0.477. The summed E-state index contributed by atoms with van der Waals surface area (Å²) in [6.45, 7) is 5.36. The molecule has 0 aromatic carbocycles. The van der Waals surface area contributed by atoms with Crippen LogP contribution in [0.4, 0.5) is 0 Å². The Morgan fingerprint density at radius 1 is 1.33 bits per heavy atom. The van der Waals surface area contributed by atoms with E-state index >= 15 is 0 Å². The number of nitrogens with zero attached hydrogens (tertiary/aromatic N) is 1. The number of nitrogens with two attached hydrogens (primary N) is 1. The zero-order chi connectivity index (χ0) is 13.5. The summed E-state index contributed by atoms with van der Waals surface area (Å²) in [4.78, 5) is 11.5. The van der Waals surface area contributed by atoms with Crippen molar-refractivity contribution in [2.75, 3.05) is 20.1 Å². The second kappa shape index (κ2) is 7.71. The fourth-order valence-electron chi connectivity index (χ4n) is 2.57. The van der Waals surface area contributed by atoms with Crippen LogP contribution in [0.3, 0.4) is 0 Å². The molecule has 0 unspecified atom stereocenters. The van der Waals surface area contributed by atoms with Crippen LogP contribution in [0.25, 0.3) is 0 Å². The molecular formula is C13H28N4O. The van der Waals surface area contributed by atoms with Gasteiger partial charge in [0.05, 0.1) is 6.54 Å². The van der Waals surface area contributed by atoms with Gasteiger partial charge in [-0.25, -0.2) is 5.01 Å². The number of nitrogens with one attached hydrogen (secondary N) is 2. The van der Waals surface area contributed by atoms with E-state index in [0.29, 0.717) is 18.5 Å². The molecule has 1 amide bonds. The molecule has 0 aromatic rings. The molecule has 1 saturated carbocycles. The van der Waals surface area contributed by atoms with Gasteiger partial charge >= 0.3 is 0 Å². The fourth-order valence-corrected chi connectivity index (χ4v) is 2.57. The molecule has 5 heteroatoms. The Balaban J connectivity index is 2.14. The van der Waals surface area contributed by atoms with E-state index in [1.807, 2.05) is 20.9 Å². The number of amides is 1. The second-order valence-corrected chi connectivity index (χ2v) is 5.76. The van der Waals surface area contributed by atoms with Gasteiger partial charge in [-0.3, -0.25) is 10.6 Å². The Bertz CT molecular complexity index is 247. The van der Waals surface area contributed by atoms with E-state index < -0.39 is 0 Å². The maximum atomic E-state index is 11.5. The van der Waals surface area contributed by atoms with Gasteiger partial charge in [0.1, 0.15) is 0 Å². The molecule has 18 heavy (non-hydrogen) atoms. The molecular weight excluding hydrogens is 228 g/mol. The summed E-state index contributed by atoms with van der Waals surface area (Å²) in [5, 5.41) is 8.01. The molecule has 5 nitrogen and oxygen atoms in total. The lowest BCUT2D eigenvalue weighted by molar-refractivity contribution is -0.120. The van der Waals surface area contributed by atoms with Crippen molar-refractivity contribution in [2.45, 2.75) is 51.6 Å². The number of carbonyl (C=O) groups excluding carboxylic acids is 1. The summed E-state index contributed by atoms with van der Waals surface area (Å²) < 4.78 is 0. The zero-order valence-corrected chi connectivity index (χ0v) is 11.9. The SMILES string of the molecule is CC(C)NC(=O)CNC1CCC(CN(C)N)CC1. The molecule has 0 spiro atoms. The molecule has 1 fully saturated rings. The van der Waals surface area contributed by atoms with E-state index in [2.05, 4.69) is 10.6 Å². The van der Waals surface area contributed by atoms with E-state index in [9.17, 15) is 4.79 Å². The van der Waals surface area contributed by atoms with Crippen molar-refractivity contribution < 1.29 is 4.79 Å². The highest BCUT2D eigenvalue weighted by atomic mass is 16.1. The van der Waals surface area contributed by atoms with Gasteiger partial charge in [-0.1, -0.05) is 0 Å². The summed E-state index contributed by atoms with van der Waals surface area (Å²) in [5.74, 6) is 6.47. The number of hydrazine groups is 1. The van der Waals surface area contributed by atoms with Gasteiger partial charge in [-0.05, 0) is 45.4 Å². The normalized spacial score (nSPS) is 24.6. The van der Waals surface area contributed by atoms with Gasteiger partial charge in [0.2, 0.25) is 5.91 Å². The number of hydrogen-bond acceptors (Lipinski definition) is 4. The largest absolute Gasteiger partial charge is 0.353 e. The van der Waals surface area contributed by atoms with Gasteiger partial charge in [-0.15, -0.1) is 0 Å². The van der Waals surface area contributed by atoms with Gasteiger partial charge in [0.25, 0.3) is 0 Å². The van der Waals surface area contributed by atoms with E-state index in [-0.39, 0.29) is 11.9 Å². The van der Waals surface area contributed by atoms with Crippen LogP contribution in [0.2, 0.25) is 0 Å². The molecule has 0 bridgehead atoms. The van der Waals surface area contributed by atoms with Crippen molar-refractivity contribution in [3.8, 4) is 0 Å². The molecule has 4 N–H and O–H groups in total. The summed E-state index contributed by atoms with van der Waals surface area (Å²) in [6, 6.07) is 0.706. The standard InChI is InChI=1S/C13H28N4O/c1-10(2)16-13(18)8-15-12-6-4-11(5-7-12)9-17(3)14/h10-12,15H,4-9,14H2,1-3H3,(H,16,18). The predicted octanol–water partition coefficient (Wildman–Crippen LogP) is 0.465. The zero-order valence-electron chi connectivity index (χ0n) is 11.9. The molecule has 0 aliphatic heterocycles. The van der Waals surface area contributed by atoms with E-state index in [1.165, 1.54) is 12.8 Å². The molecule has 0 heterocycles. The maximum Gasteiger partial charge on any atom is 0.234 e. The molecule has 0 radical (unpaired) electrons. The van der Waals surface area contributed by atoms with Crippen molar-refractivity contribution in [3.63, 3.8) is 0 Å². The van der Waals surface area contributed by atoms with Crippen LogP contribution in [0.15, 0.2) is 0 Å². The van der Waals surface area contributed by atoms with Crippen molar-refractivity contribution in [2.24, 2.45) is 11.8 Å². The van der Waals surface area contributed by atoms with Crippen molar-refractivity contribution in [3.05, 3.63) is 0 Å². The van der Waals surface area contributed by atoms with Crippen LogP contribution in [0.5, 0.6) is 0 Å². The van der Waals surface area contributed by atoms with Crippen LogP contribution in [0, 0.1) is 5.92 Å². The summed E-state index contributed by atoms with van der Waals surface area (Å²) in [6.07, 6.45) is 4.69. The van der Waals surface area contributed by atoms with Gasteiger partial charge in [-0.2, -0.15) is 0 Å². The number of hydrogen-bond donors (Lipinski definition) is 3. The average Bonchev–Trinajstić information content (AvgIpc) is 2.26. The van der Waals surface area contributed by atoms with Crippen LogP contribution in [-0.2, 0) is 4.79 Å². The third-order valence-electron chi connectivity index (χ3n) is 3.39. The highest BCUT2D eigenvalue weighted by molar-refractivity contribution is 5.78. The average molecular weight is 256 g/mol. The first-order valence-electron chi connectivity index (χ1n) is 6.96. The first-order chi connectivity index (χ1) is 8.47. The lowest BCUT2D eigenvalue weighted by atomic mass is 9.86. The number of carbonyl (C=O) groups is 1. The predicted molar refractivity (Wildman–Crippen MR) is 73.8 cm³/mol. The van der Waals surface area contributed by atoms with Gasteiger partial charge < -0.3 is 10.6 Å². The van der Waals surface area contributed by atoms with Crippen LogP contribution in [-0.4, -0.2) is 43.1 Å². The molecule has 0 aromatic heterocycles. The highest BCUT2D eigenvalue weighted by Crippen LogP contribution is 2.24. The Hall–Kier alpha value is -0.650. The lowest BCUT2D eigenvalue weighted by Crippen LogP contribution is -2.43. The van der Waals surface area contributed by atoms with Crippen LogP contribution in [0.1, 0.15) is 39.5 Å². The molecule has 106 valence electrons. The topological polar surface area (TPSA) is 70.4 Å². The minimum absolute atomic E-state index is 0.0915. The first-order valence-corrected chi connectivity index (χ1v) is 6.96. The third kappa shape index (κ3) is 6.33. The van der Waals surface area contributed by atoms with Crippen molar-refractivity contribution in [1.82, 2.24) is 15.6 Å². The monoisotopic (exact) mass is 256 g/mol. The molecule has 1 rings (SSSR count). The summed E-state index contributed by atoms with van der Waals surface area (Å²) >= 11 is 0. The van der Waals surface area contributed by atoms with Crippen LogP contribution >= 0.6 is 0 Å². The Labute approximate surface area is 110 Å². The molecule has 1 aliphatic rings. The van der Waals surface area contributed by atoms with Crippen molar-refractivity contribution in [1.29, 1.82) is 0 Å². The van der Waals surface area contributed by atoms with Crippen LogP contribution < -0.4 is 16.5 Å². The molecule has 0 atom stereocenters. The molecule has 1 aliphatic carbocycles. The Morgan fingerprint density at radius 2 is 1.94 bits per heavy atom. The highest BCUT2D eigenvalue weighted by Gasteiger charge is 2.21. The maximum absolute atomic E-state index is 11.5. The smallest absolute Gasteiger partial charge is 0.234 e. The lowest BCUT2D eigenvalue weighted by Gasteiger charge is -2.30. The van der Waals surface area contributed by atoms with E-state index in [4.69, 9.17) is 5.84 Å². The minimum atomic E-state index is 0.0915. The summed E-state index contributed by atoms with van der Waals surface area (Å²) in [7, 11) is 1.92. The van der Waals surface area contributed by atoms with Gasteiger partial charge in [0.15, 0.2) is 0 Å². The van der Waals surface area contributed by atoms with E-state index in [1.54, 1.807) is 5.01 Å². The number of rotatable bonds is 6.